The number of nitrogens with one attached hydrogen (secondary N) is 1. The smallest absolute Gasteiger partial charge is 0.216 e. The molecule has 0 aliphatic carbocycles. The Hall–Kier alpha value is -3.13. The lowest BCUT2D eigenvalue weighted by Crippen LogP contribution is -1.98. The van der Waals surface area contributed by atoms with E-state index in [1.807, 2.05) is 49.4 Å². The zero-order valence-electron chi connectivity index (χ0n) is 15.3. The predicted octanol–water partition coefficient (Wildman–Crippen LogP) is 3.91. The highest BCUT2D eigenvalue weighted by Gasteiger charge is 2.10. The van der Waals surface area contributed by atoms with Crippen molar-refractivity contribution in [3.63, 3.8) is 0 Å². The molecule has 27 heavy (non-hydrogen) atoms. The molecule has 0 unspecified atom stereocenters. The molecule has 0 fully saturated rings. The molecule has 3 aromatic rings. The number of methoxy groups -OCH3 is 2. The number of aromatic amines is 1. The van der Waals surface area contributed by atoms with E-state index in [1.165, 1.54) is 0 Å². The van der Waals surface area contributed by atoms with Gasteiger partial charge in [0.05, 0.1) is 27.0 Å². The van der Waals surface area contributed by atoms with E-state index in [-0.39, 0.29) is 0 Å². The van der Waals surface area contributed by atoms with Crippen molar-refractivity contribution >= 4 is 18.4 Å². The second kappa shape index (κ2) is 8.50. The van der Waals surface area contributed by atoms with Gasteiger partial charge in [0.15, 0.2) is 17.3 Å². The minimum atomic E-state index is 0.386. The van der Waals surface area contributed by atoms with Gasteiger partial charge in [0, 0.05) is 11.1 Å². The fourth-order valence-electron chi connectivity index (χ4n) is 2.59. The molecule has 1 aromatic heterocycles. The normalized spacial score (nSPS) is 10.9. The van der Waals surface area contributed by atoms with E-state index >= 15 is 0 Å². The van der Waals surface area contributed by atoms with Crippen LogP contribution in [0.3, 0.4) is 0 Å². The largest absolute Gasteiger partial charge is 0.494 e. The summed E-state index contributed by atoms with van der Waals surface area (Å²) in [4.78, 5) is 0. The number of aromatic nitrogens is 3. The predicted molar refractivity (Wildman–Crippen MR) is 107 cm³/mol. The maximum atomic E-state index is 5.47. The van der Waals surface area contributed by atoms with Crippen molar-refractivity contribution < 1.29 is 14.2 Å². The lowest BCUT2D eigenvalue weighted by Gasteiger charge is -2.09. The van der Waals surface area contributed by atoms with Gasteiger partial charge in [-0.3, -0.25) is 0 Å². The lowest BCUT2D eigenvalue weighted by atomic mass is 10.2. The highest BCUT2D eigenvalue weighted by atomic mass is 32.1. The SMILES string of the molecule is CCOc1ccc(-c2n[nH]c(=S)n2N=Cc2cccc(OC)c2OC)cc1. The summed E-state index contributed by atoms with van der Waals surface area (Å²) >= 11 is 5.32. The fraction of sp³-hybridized carbons (Fsp3) is 0.211. The number of nitrogens with zero attached hydrogens (tertiary/aromatic N) is 3. The Morgan fingerprint density at radius 1 is 1.15 bits per heavy atom. The summed E-state index contributed by atoms with van der Waals surface area (Å²) in [5.74, 6) is 2.62. The van der Waals surface area contributed by atoms with Gasteiger partial charge in [-0.1, -0.05) is 6.07 Å². The van der Waals surface area contributed by atoms with Crippen LogP contribution in [-0.4, -0.2) is 41.9 Å². The van der Waals surface area contributed by atoms with E-state index in [1.54, 1.807) is 25.1 Å². The first-order valence-electron chi connectivity index (χ1n) is 8.34. The number of rotatable bonds is 7. The van der Waals surface area contributed by atoms with E-state index in [2.05, 4.69) is 15.3 Å². The van der Waals surface area contributed by atoms with Crippen molar-refractivity contribution in [3.05, 3.63) is 52.8 Å². The van der Waals surface area contributed by atoms with Crippen molar-refractivity contribution in [2.24, 2.45) is 5.10 Å². The van der Waals surface area contributed by atoms with E-state index in [0.717, 1.165) is 16.9 Å². The van der Waals surface area contributed by atoms with Gasteiger partial charge in [-0.15, -0.1) is 0 Å². The van der Waals surface area contributed by atoms with E-state index in [9.17, 15) is 0 Å². The summed E-state index contributed by atoms with van der Waals surface area (Å²) in [5.41, 5.74) is 1.62. The quantitative estimate of drug-likeness (QED) is 0.494. The molecule has 0 radical (unpaired) electrons. The highest BCUT2D eigenvalue weighted by molar-refractivity contribution is 7.71. The molecule has 0 spiro atoms. The summed E-state index contributed by atoms with van der Waals surface area (Å²) in [6, 6.07) is 13.2. The first-order chi connectivity index (χ1) is 13.2. The Labute approximate surface area is 162 Å². The first-order valence-corrected chi connectivity index (χ1v) is 8.74. The Kier molecular flexibility index (Phi) is 5.87. The van der Waals surface area contributed by atoms with Crippen LogP contribution in [-0.2, 0) is 0 Å². The molecule has 7 nitrogen and oxygen atoms in total. The molecule has 0 saturated carbocycles. The summed E-state index contributed by atoms with van der Waals surface area (Å²) in [6.07, 6.45) is 1.66. The Balaban J connectivity index is 1.96. The zero-order valence-corrected chi connectivity index (χ0v) is 16.1. The van der Waals surface area contributed by atoms with Gasteiger partial charge < -0.3 is 14.2 Å². The van der Waals surface area contributed by atoms with Crippen LogP contribution >= 0.6 is 12.2 Å². The van der Waals surface area contributed by atoms with Crippen molar-refractivity contribution in [3.8, 4) is 28.6 Å². The third-order valence-corrected chi connectivity index (χ3v) is 4.08. The average molecular weight is 384 g/mol. The van der Waals surface area contributed by atoms with Gasteiger partial charge in [0.25, 0.3) is 0 Å². The third kappa shape index (κ3) is 4.01. The molecule has 0 saturated heterocycles. The lowest BCUT2D eigenvalue weighted by molar-refractivity contribution is 0.340. The molecule has 1 heterocycles. The molecule has 0 aliphatic heterocycles. The minimum absolute atomic E-state index is 0.386. The minimum Gasteiger partial charge on any atom is -0.494 e. The summed E-state index contributed by atoms with van der Waals surface area (Å²) in [5, 5.41) is 11.5. The summed E-state index contributed by atoms with van der Waals surface area (Å²) in [7, 11) is 3.18. The molecule has 8 heteroatoms. The standard InChI is InChI=1S/C19H20N4O3S/c1-4-26-15-10-8-13(9-11-15)18-21-22-19(27)23(18)20-12-14-6-5-7-16(24-2)17(14)25-3/h5-12H,4H2,1-3H3,(H,22,27). The maximum Gasteiger partial charge on any atom is 0.216 e. The van der Waals surface area contributed by atoms with Crippen LogP contribution < -0.4 is 14.2 Å². The number of hydrogen-bond donors (Lipinski definition) is 1. The fourth-order valence-corrected chi connectivity index (χ4v) is 2.77. The van der Waals surface area contributed by atoms with Crippen molar-refractivity contribution in [2.45, 2.75) is 6.92 Å². The van der Waals surface area contributed by atoms with E-state index < -0.39 is 0 Å². The van der Waals surface area contributed by atoms with Crippen LogP contribution in [0.15, 0.2) is 47.6 Å². The number of para-hydroxylation sites is 1. The number of ether oxygens (including phenoxy) is 3. The van der Waals surface area contributed by atoms with Crippen molar-refractivity contribution in [1.82, 2.24) is 14.9 Å². The van der Waals surface area contributed by atoms with Crippen LogP contribution in [0.4, 0.5) is 0 Å². The average Bonchev–Trinajstić information content (AvgIpc) is 3.07. The summed E-state index contributed by atoms with van der Waals surface area (Å²) < 4.78 is 18.2. The van der Waals surface area contributed by atoms with Gasteiger partial charge in [0.1, 0.15) is 5.75 Å². The van der Waals surface area contributed by atoms with Crippen LogP contribution in [0.2, 0.25) is 0 Å². The highest BCUT2D eigenvalue weighted by Crippen LogP contribution is 2.29. The van der Waals surface area contributed by atoms with Crippen LogP contribution in [0, 0.1) is 4.77 Å². The molecular formula is C19H20N4O3S. The monoisotopic (exact) mass is 384 g/mol. The number of H-pyrrole nitrogens is 1. The molecule has 0 amide bonds. The van der Waals surface area contributed by atoms with Crippen LogP contribution in [0.1, 0.15) is 12.5 Å². The summed E-state index contributed by atoms with van der Waals surface area (Å²) in [6.45, 7) is 2.56. The second-order valence-corrected chi connectivity index (χ2v) is 5.84. The maximum absolute atomic E-state index is 5.47. The van der Waals surface area contributed by atoms with Gasteiger partial charge >= 0.3 is 0 Å². The Morgan fingerprint density at radius 3 is 2.59 bits per heavy atom. The molecule has 0 aliphatic rings. The van der Waals surface area contributed by atoms with E-state index in [4.69, 9.17) is 26.4 Å². The molecule has 3 rings (SSSR count). The zero-order chi connectivity index (χ0) is 19.2. The molecule has 1 N–H and O–H groups in total. The number of hydrogen-bond acceptors (Lipinski definition) is 6. The topological polar surface area (TPSA) is 73.7 Å². The molecule has 0 atom stereocenters. The van der Waals surface area contributed by atoms with Crippen LogP contribution in [0.5, 0.6) is 17.2 Å². The first kappa shape index (κ1) is 18.7. The Morgan fingerprint density at radius 2 is 1.93 bits per heavy atom. The second-order valence-electron chi connectivity index (χ2n) is 5.45. The van der Waals surface area contributed by atoms with Crippen molar-refractivity contribution in [2.75, 3.05) is 20.8 Å². The molecule has 140 valence electrons. The van der Waals surface area contributed by atoms with Gasteiger partial charge in [-0.25, -0.2) is 5.10 Å². The molecule has 0 bridgehead atoms. The van der Waals surface area contributed by atoms with E-state index in [0.29, 0.717) is 28.7 Å². The molecular weight excluding hydrogens is 364 g/mol. The van der Waals surface area contributed by atoms with Gasteiger partial charge in [0.2, 0.25) is 4.77 Å². The third-order valence-electron chi connectivity index (χ3n) is 3.82. The van der Waals surface area contributed by atoms with Crippen molar-refractivity contribution in [1.29, 1.82) is 0 Å². The van der Waals surface area contributed by atoms with Gasteiger partial charge in [-0.05, 0) is 55.5 Å². The van der Waals surface area contributed by atoms with Gasteiger partial charge in [-0.2, -0.15) is 14.9 Å². The molecule has 2 aromatic carbocycles. The van der Waals surface area contributed by atoms with Crippen LogP contribution in [0.25, 0.3) is 11.4 Å². The Bertz CT molecular complexity index is 993. The number of benzene rings is 2.